The molecule has 1 aromatic carbocycles. The van der Waals surface area contributed by atoms with Crippen molar-refractivity contribution in [2.45, 2.75) is 26.3 Å². The van der Waals surface area contributed by atoms with Gasteiger partial charge in [-0.1, -0.05) is 38.1 Å². The van der Waals surface area contributed by atoms with E-state index in [2.05, 4.69) is 20.9 Å². The van der Waals surface area contributed by atoms with Crippen LogP contribution < -0.4 is 16.0 Å². The molecular weight excluding hydrogens is 400 g/mol. The van der Waals surface area contributed by atoms with Crippen LogP contribution in [-0.2, 0) is 16.0 Å². The summed E-state index contributed by atoms with van der Waals surface area (Å²) in [6.45, 7) is 4.24. The Hall–Kier alpha value is -3.13. The number of carbonyl (C=O) groups excluding carboxylic acids is 3. The molecule has 0 spiro atoms. The minimum absolute atomic E-state index is 0.0643. The Morgan fingerprint density at radius 1 is 1.00 bits per heavy atom. The first-order chi connectivity index (χ1) is 14.5. The first-order valence-corrected chi connectivity index (χ1v) is 10.8. The third-order valence-electron chi connectivity index (χ3n) is 4.71. The molecule has 3 amide bonds. The monoisotopic (exact) mass is 426 g/mol. The minimum Gasteiger partial charge on any atom is -0.361 e. The molecule has 0 aliphatic rings. The Kier molecular flexibility index (Phi) is 7.24. The second-order valence-corrected chi connectivity index (χ2v) is 8.25. The van der Waals surface area contributed by atoms with Gasteiger partial charge in [-0.3, -0.25) is 14.4 Å². The van der Waals surface area contributed by atoms with Gasteiger partial charge in [-0.25, -0.2) is 0 Å². The summed E-state index contributed by atoms with van der Waals surface area (Å²) in [6.07, 6.45) is 2.22. The molecule has 3 rings (SSSR count). The number of aromatic nitrogens is 1. The summed E-state index contributed by atoms with van der Waals surface area (Å²) >= 11 is 1.33. The second kappa shape index (κ2) is 10.1. The Labute approximate surface area is 179 Å². The van der Waals surface area contributed by atoms with Crippen LogP contribution in [0.1, 0.15) is 29.1 Å². The van der Waals surface area contributed by atoms with Crippen molar-refractivity contribution >= 4 is 40.0 Å². The fourth-order valence-electron chi connectivity index (χ4n) is 3.07. The van der Waals surface area contributed by atoms with E-state index in [1.54, 1.807) is 12.1 Å². The molecule has 0 bridgehead atoms. The van der Waals surface area contributed by atoms with Crippen molar-refractivity contribution < 1.29 is 14.4 Å². The third-order valence-corrected chi connectivity index (χ3v) is 5.58. The van der Waals surface area contributed by atoms with Gasteiger partial charge in [0.15, 0.2) is 0 Å². The van der Waals surface area contributed by atoms with E-state index in [0.29, 0.717) is 17.8 Å². The van der Waals surface area contributed by atoms with Gasteiger partial charge in [-0.05, 0) is 23.1 Å². The maximum atomic E-state index is 12.8. The van der Waals surface area contributed by atoms with Gasteiger partial charge < -0.3 is 20.9 Å². The van der Waals surface area contributed by atoms with Crippen molar-refractivity contribution in [1.29, 1.82) is 0 Å². The van der Waals surface area contributed by atoms with E-state index in [1.807, 2.05) is 49.7 Å². The van der Waals surface area contributed by atoms with E-state index in [-0.39, 0.29) is 30.2 Å². The van der Waals surface area contributed by atoms with E-state index in [0.717, 1.165) is 16.5 Å². The van der Waals surface area contributed by atoms with Crippen molar-refractivity contribution in [3.63, 3.8) is 0 Å². The van der Waals surface area contributed by atoms with Crippen LogP contribution in [0.2, 0.25) is 0 Å². The van der Waals surface area contributed by atoms with E-state index in [9.17, 15) is 14.4 Å². The zero-order valence-corrected chi connectivity index (χ0v) is 17.8. The molecule has 30 heavy (non-hydrogen) atoms. The number of thiophene rings is 1. The van der Waals surface area contributed by atoms with Crippen LogP contribution in [0.4, 0.5) is 0 Å². The number of carbonyl (C=O) groups is 3. The topological polar surface area (TPSA) is 103 Å². The lowest BCUT2D eigenvalue weighted by Gasteiger charge is -2.18. The Bertz CT molecular complexity index is 1010. The number of fused-ring (bicyclic) bond motifs is 1. The number of H-pyrrole nitrogens is 1. The van der Waals surface area contributed by atoms with Crippen LogP contribution in [-0.4, -0.2) is 41.8 Å². The van der Waals surface area contributed by atoms with Crippen LogP contribution >= 0.6 is 11.3 Å². The molecule has 2 aromatic heterocycles. The molecular formula is C22H26N4O3S. The van der Waals surface area contributed by atoms with Crippen molar-refractivity contribution in [2.24, 2.45) is 5.92 Å². The van der Waals surface area contributed by atoms with E-state index in [1.165, 1.54) is 11.3 Å². The summed E-state index contributed by atoms with van der Waals surface area (Å²) in [5.74, 6) is -0.743. The lowest BCUT2D eigenvalue weighted by molar-refractivity contribution is -0.125. The number of hydrogen-bond donors (Lipinski definition) is 4. The zero-order valence-electron chi connectivity index (χ0n) is 17.0. The number of para-hydroxylation sites is 1. The molecule has 0 unspecified atom stereocenters. The van der Waals surface area contributed by atoms with Gasteiger partial charge in [0.25, 0.3) is 5.91 Å². The number of rotatable bonds is 9. The molecule has 0 saturated heterocycles. The van der Waals surface area contributed by atoms with Crippen LogP contribution in [0.25, 0.3) is 10.9 Å². The Morgan fingerprint density at radius 3 is 2.43 bits per heavy atom. The molecule has 0 fully saturated rings. The molecule has 0 saturated carbocycles. The molecule has 0 radical (unpaired) electrons. The number of aromatic amines is 1. The highest BCUT2D eigenvalue weighted by atomic mass is 32.1. The zero-order chi connectivity index (χ0) is 21.5. The van der Waals surface area contributed by atoms with E-state index < -0.39 is 6.04 Å². The normalized spacial score (nSPS) is 12.0. The van der Waals surface area contributed by atoms with Gasteiger partial charge in [0, 0.05) is 42.5 Å². The summed E-state index contributed by atoms with van der Waals surface area (Å²) in [5, 5.41) is 11.3. The highest BCUT2D eigenvalue weighted by Gasteiger charge is 2.23. The van der Waals surface area contributed by atoms with E-state index >= 15 is 0 Å². The highest BCUT2D eigenvalue weighted by molar-refractivity contribution is 7.12. The summed E-state index contributed by atoms with van der Waals surface area (Å²) in [7, 11) is 0. The Morgan fingerprint density at radius 2 is 1.73 bits per heavy atom. The molecule has 0 aliphatic carbocycles. The SMILES string of the molecule is CC(C)C(=O)NCCNC(=O)[C@H](Cc1c[nH]c2ccccc12)NC(=O)c1cccs1. The van der Waals surface area contributed by atoms with Crippen LogP contribution in [0, 0.1) is 5.92 Å². The van der Waals surface area contributed by atoms with Crippen molar-refractivity contribution in [3.8, 4) is 0 Å². The quantitative estimate of drug-likeness (QED) is 0.395. The van der Waals surface area contributed by atoms with Crippen LogP contribution in [0.3, 0.4) is 0 Å². The third kappa shape index (κ3) is 5.48. The van der Waals surface area contributed by atoms with Crippen molar-refractivity contribution in [1.82, 2.24) is 20.9 Å². The molecule has 1 atom stereocenters. The lowest BCUT2D eigenvalue weighted by atomic mass is 10.0. The predicted octanol–water partition coefficient (Wildman–Crippen LogP) is 2.46. The van der Waals surface area contributed by atoms with Crippen LogP contribution in [0.15, 0.2) is 48.0 Å². The van der Waals surface area contributed by atoms with Crippen molar-refractivity contribution in [2.75, 3.05) is 13.1 Å². The predicted molar refractivity (Wildman–Crippen MR) is 118 cm³/mol. The fraction of sp³-hybridized carbons (Fsp3) is 0.318. The van der Waals surface area contributed by atoms with Gasteiger partial charge in [0.1, 0.15) is 6.04 Å². The largest absolute Gasteiger partial charge is 0.361 e. The van der Waals surface area contributed by atoms with Gasteiger partial charge in [0.05, 0.1) is 4.88 Å². The van der Waals surface area contributed by atoms with Crippen LogP contribution in [0.5, 0.6) is 0 Å². The smallest absolute Gasteiger partial charge is 0.262 e. The van der Waals surface area contributed by atoms with Gasteiger partial charge >= 0.3 is 0 Å². The molecule has 7 nitrogen and oxygen atoms in total. The van der Waals surface area contributed by atoms with Crippen molar-refractivity contribution in [3.05, 3.63) is 58.4 Å². The van der Waals surface area contributed by atoms with Gasteiger partial charge in [-0.2, -0.15) is 0 Å². The first-order valence-electron chi connectivity index (χ1n) is 9.90. The molecule has 4 N–H and O–H groups in total. The number of hydrogen-bond acceptors (Lipinski definition) is 4. The summed E-state index contributed by atoms with van der Waals surface area (Å²) in [6, 6.07) is 10.6. The average Bonchev–Trinajstić information content (AvgIpc) is 3.41. The second-order valence-electron chi connectivity index (χ2n) is 7.30. The molecule has 0 aliphatic heterocycles. The fourth-order valence-corrected chi connectivity index (χ4v) is 3.69. The molecule has 3 aromatic rings. The highest BCUT2D eigenvalue weighted by Crippen LogP contribution is 2.19. The Balaban J connectivity index is 1.68. The standard InChI is InChI=1S/C22H26N4O3S/c1-14(2)20(27)23-9-10-24-21(28)18(26-22(29)19-8-5-11-30-19)12-15-13-25-17-7-4-3-6-16(15)17/h3-8,11,13-14,18,25H,9-10,12H2,1-2H3,(H,23,27)(H,24,28)(H,26,29)/t18-/m0/s1. The maximum absolute atomic E-state index is 12.8. The average molecular weight is 427 g/mol. The van der Waals surface area contributed by atoms with Gasteiger partial charge in [-0.15, -0.1) is 11.3 Å². The minimum atomic E-state index is -0.736. The molecule has 158 valence electrons. The van der Waals surface area contributed by atoms with Gasteiger partial charge in [0.2, 0.25) is 11.8 Å². The summed E-state index contributed by atoms with van der Waals surface area (Å²) in [5.41, 5.74) is 1.93. The number of benzene rings is 1. The van der Waals surface area contributed by atoms with E-state index in [4.69, 9.17) is 0 Å². The molecule has 8 heteroatoms. The summed E-state index contributed by atoms with van der Waals surface area (Å²) in [4.78, 5) is 40.8. The number of amides is 3. The maximum Gasteiger partial charge on any atom is 0.262 e. The molecule has 2 heterocycles. The first kappa shape index (κ1) is 21.6. The number of nitrogens with one attached hydrogen (secondary N) is 4. The lowest BCUT2D eigenvalue weighted by Crippen LogP contribution is -2.49. The summed E-state index contributed by atoms with van der Waals surface area (Å²) < 4.78 is 0.